The van der Waals surface area contributed by atoms with E-state index in [9.17, 15) is 4.79 Å². The van der Waals surface area contributed by atoms with E-state index in [1.54, 1.807) is 19.2 Å². The van der Waals surface area contributed by atoms with Crippen molar-refractivity contribution in [2.24, 2.45) is 0 Å². The first-order valence-corrected chi connectivity index (χ1v) is 6.54. The predicted octanol–water partition coefficient (Wildman–Crippen LogP) is 2.30. The van der Waals surface area contributed by atoms with Gasteiger partial charge in [0.05, 0.1) is 12.0 Å². The summed E-state index contributed by atoms with van der Waals surface area (Å²) in [6.45, 7) is 0. The summed E-state index contributed by atoms with van der Waals surface area (Å²) in [4.78, 5) is 15.7. The molecule has 0 aliphatic carbocycles. The van der Waals surface area contributed by atoms with E-state index in [2.05, 4.69) is 10.1 Å². The van der Waals surface area contributed by atoms with Gasteiger partial charge in [0.15, 0.2) is 5.82 Å². The van der Waals surface area contributed by atoms with Gasteiger partial charge in [0, 0.05) is 0 Å². The van der Waals surface area contributed by atoms with Crippen LogP contribution in [0.3, 0.4) is 0 Å². The molecule has 0 unspecified atom stereocenters. The van der Waals surface area contributed by atoms with Crippen molar-refractivity contribution in [3.63, 3.8) is 0 Å². The van der Waals surface area contributed by atoms with E-state index in [1.165, 1.54) is 16.0 Å². The highest BCUT2D eigenvalue weighted by Crippen LogP contribution is 2.23. The molecule has 2 heterocycles. The first kappa shape index (κ1) is 11.7. The van der Waals surface area contributed by atoms with Gasteiger partial charge in [0.2, 0.25) is 0 Å². The number of methoxy groups -OCH3 is 1. The Morgan fingerprint density at radius 3 is 2.84 bits per heavy atom. The largest absolute Gasteiger partial charge is 0.494 e. The number of rotatable bonds is 3. The number of hydrogen-bond donors (Lipinski definition) is 1. The van der Waals surface area contributed by atoms with Crippen LogP contribution in [0.4, 0.5) is 0 Å². The Bertz CT molecular complexity index is 743. The SMILES string of the molecule is COc1ccccc1-n1nc(-c2cccs2)[nH]c1=O. The molecule has 3 aromatic rings. The van der Waals surface area contributed by atoms with Crippen LogP contribution < -0.4 is 10.4 Å². The van der Waals surface area contributed by atoms with Crippen LogP contribution in [-0.4, -0.2) is 21.9 Å². The van der Waals surface area contributed by atoms with Gasteiger partial charge in [0.25, 0.3) is 0 Å². The summed E-state index contributed by atoms with van der Waals surface area (Å²) in [5.74, 6) is 1.17. The molecule has 5 nitrogen and oxygen atoms in total. The number of nitrogens with zero attached hydrogens (tertiary/aromatic N) is 2. The highest BCUT2D eigenvalue weighted by Gasteiger charge is 2.12. The van der Waals surface area contributed by atoms with Crippen molar-refractivity contribution in [1.29, 1.82) is 0 Å². The lowest BCUT2D eigenvalue weighted by atomic mass is 10.3. The molecule has 0 radical (unpaired) electrons. The number of aromatic amines is 1. The number of hydrogen-bond acceptors (Lipinski definition) is 4. The van der Waals surface area contributed by atoms with Crippen molar-refractivity contribution in [2.45, 2.75) is 0 Å². The van der Waals surface area contributed by atoms with Gasteiger partial charge < -0.3 is 4.74 Å². The zero-order valence-corrected chi connectivity index (χ0v) is 11.0. The monoisotopic (exact) mass is 273 g/mol. The lowest BCUT2D eigenvalue weighted by molar-refractivity contribution is 0.411. The highest BCUT2D eigenvalue weighted by atomic mass is 32.1. The first-order valence-electron chi connectivity index (χ1n) is 5.66. The summed E-state index contributed by atoms with van der Waals surface area (Å²) in [5.41, 5.74) is 0.335. The molecule has 1 aromatic carbocycles. The van der Waals surface area contributed by atoms with E-state index in [0.29, 0.717) is 17.3 Å². The van der Waals surface area contributed by atoms with Gasteiger partial charge in [-0.25, -0.2) is 4.79 Å². The number of aromatic nitrogens is 3. The molecule has 0 fully saturated rings. The minimum absolute atomic E-state index is 0.284. The number of benzene rings is 1. The van der Waals surface area contributed by atoms with Gasteiger partial charge in [0.1, 0.15) is 11.4 Å². The minimum atomic E-state index is -0.284. The van der Waals surface area contributed by atoms with Crippen molar-refractivity contribution in [3.8, 4) is 22.1 Å². The summed E-state index contributed by atoms with van der Waals surface area (Å²) in [7, 11) is 1.57. The lowest BCUT2D eigenvalue weighted by Crippen LogP contribution is -2.16. The Labute approximate surface area is 113 Å². The van der Waals surface area contributed by atoms with Crippen LogP contribution in [0, 0.1) is 0 Å². The van der Waals surface area contributed by atoms with Gasteiger partial charge in [-0.3, -0.25) is 4.98 Å². The maximum atomic E-state index is 12.0. The fourth-order valence-corrected chi connectivity index (χ4v) is 2.48. The summed E-state index contributed by atoms with van der Waals surface area (Å²) in [6, 6.07) is 11.1. The zero-order chi connectivity index (χ0) is 13.2. The van der Waals surface area contributed by atoms with Crippen molar-refractivity contribution < 1.29 is 4.74 Å². The smallest absolute Gasteiger partial charge is 0.348 e. The summed E-state index contributed by atoms with van der Waals surface area (Å²) in [6.07, 6.45) is 0. The molecule has 6 heteroatoms. The van der Waals surface area contributed by atoms with Crippen molar-refractivity contribution in [3.05, 3.63) is 52.3 Å². The number of H-pyrrole nitrogens is 1. The molecule has 0 saturated carbocycles. The van der Waals surface area contributed by atoms with Crippen molar-refractivity contribution in [1.82, 2.24) is 14.8 Å². The maximum absolute atomic E-state index is 12.0. The Balaban J connectivity index is 2.14. The van der Waals surface area contributed by atoms with Crippen LogP contribution >= 0.6 is 11.3 Å². The molecule has 0 aliphatic heterocycles. The molecule has 19 heavy (non-hydrogen) atoms. The van der Waals surface area contributed by atoms with E-state index in [-0.39, 0.29) is 5.69 Å². The van der Waals surface area contributed by atoms with E-state index < -0.39 is 0 Å². The molecular formula is C13H11N3O2S. The average molecular weight is 273 g/mol. The van der Waals surface area contributed by atoms with Crippen LogP contribution in [0.25, 0.3) is 16.4 Å². The number of ether oxygens (including phenoxy) is 1. The number of thiophene rings is 1. The summed E-state index contributed by atoms with van der Waals surface area (Å²) >= 11 is 1.53. The third kappa shape index (κ3) is 2.06. The second kappa shape index (κ2) is 4.74. The van der Waals surface area contributed by atoms with E-state index in [1.807, 2.05) is 29.6 Å². The maximum Gasteiger partial charge on any atom is 0.348 e. The van der Waals surface area contributed by atoms with E-state index in [4.69, 9.17) is 4.74 Å². The topological polar surface area (TPSA) is 59.9 Å². The fourth-order valence-electron chi connectivity index (χ4n) is 1.82. The van der Waals surface area contributed by atoms with Gasteiger partial charge in [-0.1, -0.05) is 18.2 Å². The minimum Gasteiger partial charge on any atom is -0.494 e. The Morgan fingerprint density at radius 2 is 2.11 bits per heavy atom. The normalized spacial score (nSPS) is 10.6. The average Bonchev–Trinajstić information content (AvgIpc) is 3.07. The molecule has 0 atom stereocenters. The summed E-state index contributed by atoms with van der Waals surface area (Å²) in [5, 5.41) is 6.25. The molecule has 3 rings (SSSR count). The molecule has 0 amide bonds. The molecule has 96 valence electrons. The number of nitrogens with one attached hydrogen (secondary N) is 1. The molecule has 0 spiro atoms. The molecule has 2 aromatic heterocycles. The van der Waals surface area contributed by atoms with Gasteiger partial charge >= 0.3 is 5.69 Å². The second-order valence-electron chi connectivity index (χ2n) is 3.84. The Hall–Kier alpha value is -2.34. The molecule has 0 saturated heterocycles. The quantitative estimate of drug-likeness (QED) is 0.796. The Kier molecular flexibility index (Phi) is 2.92. The van der Waals surface area contributed by atoms with Gasteiger partial charge in [-0.2, -0.15) is 4.68 Å². The van der Waals surface area contributed by atoms with Gasteiger partial charge in [-0.15, -0.1) is 16.4 Å². The van der Waals surface area contributed by atoms with E-state index in [0.717, 1.165) is 4.88 Å². The molecular weight excluding hydrogens is 262 g/mol. The lowest BCUT2D eigenvalue weighted by Gasteiger charge is -2.05. The molecule has 0 bridgehead atoms. The van der Waals surface area contributed by atoms with Crippen molar-refractivity contribution >= 4 is 11.3 Å². The van der Waals surface area contributed by atoms with Crippen LogP contribution in [0.5, 0.6) is 5.75 Å². The van der Waals surface area contributed by atoms with Crippen LogP contribution in [-0.2, 0) is 0 Å². The Morgan fingerprint density at radius 1 is 1.26 bits per heavy atom. The number of para-hydroxylation sites is 2. The van der Waals surface area contributed by atoms with Crippen molar-refractivity contribution in [2.75, 3.05) is 7.11 Å². The van der Waals surface area contributed by atoms with Crippen LogP contribution in [0.1, 0.15) is 0 Å². The third-order valence-electron chi connectivity index (χ3n) is 2.69. The van der Waals surface area contributed by atoms with Crippen LogP contribution in [0.2, 0.25) is 0 Å². The van der Waals surface area contributed by atoms with Gasteiger partial charge in [-0.05, 0) is 23.6 Å². The van der Waals surface area contributed by atoms with E-state index >= 15 is 0 Å². The molecule has 0 aliphatic rings. The first-order chi connectivity index (χ1) is 9.29. The zero-order valence-electron chi connectivity index (χ0n) is 10.2. The molecule has 1 N–H and O–H groups in total. The summed E-state index contributed by atoms with van der Waals surface area (Å²) < 4.78 is 6.56. The highest BCUT2D eigenvalue weighted by molar-refractivity contribution is 7.13. The van der Waals surface area contributed by atoms with Crippen LogP contribution in [0.15, 0.2) is 46.6 Å². The fraction of sp³-hybridized carbons (Fsp3) is 0.0769. The predicted molar refractivity (Wildman–Crippen MR) is 74.0 cm³/mol. The second-order valence-corrected chi connectivity index (χ2v) is 4.79. The third-order valence-corrected chi connectivity index (χ3v) is 3.56. The standard InChI is InChI=1S/C13H11N3O2S/c1-18-10-6-3-2-5-9(10)16-13(17)14-12(15-16)11-7-4-8-19-11/h2-8H,1H3,(H,14,15,17).